The van der Waals surface area contributed by atoms with Crippen LogP contribution in [0.3, 0.4) is 0 Å². The minimum atomic E-state index is 0.0741. The first-order chi connectivity index (χ1) is 10.1. The summed E-state index contributed by atoms with van der Waals surface area (Å²) in [6.45, 7) is 5.65. The molecule has 5 nitrogen and oxygen atoms in total. The summed E-state index contributed by atoms with van der Waals surface area (Å²) in [5.41, 5.74) is 9.83. The van der Waals surface area contributed by atoms with Crippen LogP contribution in [0.4, 0.5) is 17.1 Å². The van der Waals surface area contributed by atoms with Crippen molar-refractivity contribution in [2.24, 2.45) is 0 Å². The van der Waals surface area contributed by atoms with Crippen LogP contribution in [-0.2, 0) is 11.2 Å². The predicted octanol–water partition coefficient (Wildman–Crippen LogP) is 2.05. The Morgan fingerprint density at radius 3 is 2.86 bits per heavy atom. The summed E-state index contributed by atoms with van der Waals surface area (Å²) in [4.78, 5) is 13.9. The van der Waals surface area contributed by atoms with Gasteiger partial charge in [-0.1, -0.05) is 0 Å². The first-order valence-electron chi connectivity index (χ1n) is 7.83. The lowest BCUT2D eigenvalue weighted by molar-refractivity contribution is -0.116. The molecule has 0 saturated carbocycles. The first kappa shape index (κ1) is 14.2. The lowest BCUT2D eigenvalue weighted by Gasteiger charge is -2.24. The molecular weight excluding hydrogens is 264 g/mol. The highest BCUT2D eigenvalue weighted by atomic mass is 16.1. The van der Waals surface area contributed by atoms with Crippen molar-refractivity contribution < 1.29 is 4.79 Å². The van der Waals surface area contributed by atoms with Crippen LogP contribution in [0.15, 0.2) is 12.1 Å². The predicted molar refractivity (Wildman–Crippen MR) is 86.6 cm³/mol. The lowest BCUT2D eigenvalue weighted by atomic mass is 10.0. The third kappa shape index (κ3) is 3.29. The third-order valence-electron chi connectivity index (χ3n) is 4.30. The van der Waals surface area contributed by atoms with E-state index in [1.807, 2.05) is 6.07 Å². The summed E-state index contributed by atoms with van der Waals surface area (Å²) in [6, 6.07) is 4.32. The van der Waals surface area contributed by atoms with Gasteiger partial charge in [0.1, 0.15) is 0 Å². The largest absolute Gasteiger partial charge is 0.397 e. The molecule has 4 N–H and O–H groups in total. The highest BCUT2D eigenvalue weighted by Crippen LogP contribution is 2.31. The Kier molecular flexibility index (Phi) is 4.01. The summed E-state index contributed by atoms with van der Waals surface area (Å²) >= 11 is 0. The van der Waals surface area contributed by atoms with Gasteiger partial charge in [-0.3, -0.25) is 4.79 Å². The van der Waals surface area contributed by atoms with E-state index in [1.165, 1.54) is 31.5 Å². The zero-order valence-corrected chi connectivity index (χ0v) is 12.6. The molecule has 1 unspecified atom stereocenters. The van der Waals surface area contributed by atoms with Crippen LogP contribution in [-0.4, -0.2) is 36.5 Å². The fraction of sp³-hybridized carbons (Fsp3) is 0.562. The fourth-order valence-electron chi connectivity index (χ4n) is 3.23. The zero-order valence-electron chi connectivity index (χ0n) is 12.6. The average Bonchev–Trinajstić information content (AvgIpc) is 2.92. The standard InChI is InChI=1S/C16H24N4O/c1-11(10-20-6-2-3-7-20)18-15-8-12-4-5-16(21)19-14(12)9-13(15)17/h8-9,11,18H,2-7,10,17H2,1H3,(H,19,21). The van der Waals surface area contributed by atoms with Gasteiger partial charge in [0.2, 0.25) is 5.91 Å². The molecule has 1 aromatic carbocycles. The molecule has 1 aromatic rings. The molecule has 0 spiro atoms. The van der Waals surface area contributed by atoms with Crippen molar-refractivity contribution >= 4 is 23.0 Å². The Hall–Kier alpha value is -1.75. The van der Waals surface area contributed by atoms with Crippen LogP contribution in [0, 0.1) is 0 Å². The maximum atomic E-state index is 11.4. The Balaban J connectivity index is 1.68. The summed E-state index contributed by atoms with van der Waals surface area (Å²) < 4.78 is 0. The van der Waals surface area contributed by atoms with Crippen molar-refractivity contribution in [3.8, 4) is 0 Å². The minimum Gasteiger partial charge on any atom is -0.397 e. The second kappa shape index (κ2) is 5.93. The van der Waals surface area contributed by atoms with Gasteiger partial charge in [-0.2, -0.15) is 0 Å². The van der Waals surface area contributed by atoms with Crippen molar-refractivity contribution in [3.05, 3.63) is 17.7 Å². The van der Waals surface area contributed by atoms with E-state index in [0.717, 1.165) is 24.3 Å². The molecule has 21 heavy (non-hydrogen) atoms. The zero-order chi connectivity index (χ0) is 14.8. The quantitative estimate of drug-likeness (QED) is 0.742. The number of nitrogen functional groups attached to an aromatic ring is 1. The summed E-state index contributed by atoms with van der Waals surface area (Å²) in [5.74, 6) is 0.0741. The van der Waals surface area contributed by atoms with Crippen LogP contribution in [0.5, 0.6) is 0 Å². The molecule has 114 valence electrons. The molecule has 0 radical (unpaired) electrons. The van der Waals surface area contributed by atoms with Gasteiger partial charge < -0.3 is 21.3 Å². The number of carbonyl (C=O) groups excluding carboxylic acids is 1. The molecule has 2 aliphatic rings. The summed E-state index contributed by atoms with van der Waals surface area (Å²) in [5, 5.41) is 6.40. The van der Waals surface area contributed by atoms with Gasteiger partial charge in [0, 0.05) is 24.7 Å². The maximum absolute atomic E-state index is 11.4. The van der Waals surface area contributed by atoms with E-state index in [-0.39, 0.29) is 5.91 Å². The van der Waals surface area contributed by atoms with E-state index in [2.05, 4.69) is 28.5 Å². The van der Waals surface area contributed by atoms with Crippen molar-refractivity contribution in [3.63, 3.8) is 0 Å². The number of rotatable bonds is 4. The number of nitrogens with two attached hydrogens (primary N) is 1. The van der Waals surface area contributed by atoms with Crippen LogP contribution in [0.2, 0.25) is 0 Å². The van der Waals surface area contributed by atoms with E-state index in [0.29, 0.717) is 18.2 Å². The summed E-state index contributed by atoms with van der Waals surface area (Å²) in [6.07, 6.45) is 3.97. The van der Waals surface area contributed by atoms with Gasteiger partial charge in [0.15, 0.2) is 0 Å². The van der Waals surface area contributed by atoms with Gasteiger partial charge in [-0.05, 0) is 57.0 Å². The van der Waals surface area contributed by atoms with Crippen molar-refractivity contribution in [1.82, 2.24) is 4.90 Å². The number of hydrogen-bond donors (Lipinski definition) is 3. The second-order valence-electron chi connectivity index (χ2n) is 6.20. The van der Waals surface area contributed by atoms with Crippen molar-refractivity contribution in [2.45, 2.75) is 38.6 Å². The normalized spacial score (nSPS) is 20.0. The van der Waals surface area contributed by atoms with Crippen LogP contribution < -0.4 is 16.4 Å². The average molecular weight is 288 g/mol. The second-order valence-corrected chi connectivity index (χ2v) is 6.20. The van der Waals surface area contributed by atoms with Crippen molar-refractivity contribution in [1.29, 1.82) is 0 Å². The number of fused-ring (bicyclic) bond motifs is 1. The molecule has 0 bridgehead atoms. The monoisotopic (exact) mass is 288 g/mol. The highest BCUT2D eigenvalue weighted by Gasteiger charge is 2.18. The molecular formula is C16H24N4O. The number of anilines is 3. The lowest BCUT2D eigenvalue weighted by Crippen LogP contribution is -2.33. The molecule has 1 atom stereocenters. The third-order valence-corrected chi connectivity index (χ3v) is 4.30. The van der Waals surface area contributed by atoms with E-state index >= 15 is 0 Å². The topological polar surface area (TPSA) is 70.4 Å². The molecule has 3 rings (SSSR count). The number of carbonyl (C=O) groups is 1. The Morgan fingerprint density at radius 1 is 1.33 bits per heavy atom. The molecule has 1 fully saturated rings. The maximum Gasteiger partial charge on any atom is 0.224 e. The van der Waals surface area contributed by atoms with Crippen LogP contribution >= 0.6 is 0 Å². The first-order valence-corrected chi connectivity index (χ1v) is 7.83. The smallest absolute Gasteiger partial charge is 0.224 e. The molecule has 1 amide bonds. The van der Waals surface area contributed by atoms with Gasteiger partial charge in [-0.15, -0.1) is 0 Å². The van der Waals surface area contributed by atoms with Gasteiger partial charge >= 0.3 is 0 Å². The van der Waals surface area contributed by atoms with E-state index in [4.69, 9.17) is 5.73 Å². The number of likely N-dealkylation sites (tertiary alicyclic amines) is 1. The fourth-order valence-corrected chi connectivity index (χ4v) is 3.23. The molecule has 2 aliphatic heterocycles. The highest BCUT2D eigenvalue weighted by molar-refractivity contribution is 5.95. The Labute approximate surface area is 125 Å². The number of benzene rings is 1. The van der Waals surface area contributed by atoms with Crippen LogP contribution in [0.1, 0.15) is 31.7 Å². The molecule has 0 aromatic heterocycles. The van der Waals surface area contributed by atoms with Gasteiger partial charge in [0.25, 0.3) is 0 Å². The number of amides is 1. The molecule has 0 aliphatic carbocycles. The van der Waals surface area contributed by atoms with E-state index in [1.54, 1.807) is 0 Å². The number of nitrogens with one attached hydrogen (secondary N) is 2. The Morgan fingerprint density at radius 2 is 2.10 bits per heavy atom. The number of hydrogen-bond acceptors (Lipinski definition) is 4. The van der Waals surface area contributed by atoms with E-state index in [9.17, 15) is 4.79 Å². The van der Waals surface area contributed by atoms with E-state index < -0.39 is 0 Å². The van der Waals surface area contributed by atoms with Crippen LogP contribution in [0.25, 0.3) is 0 Å². The summed E-state index contributed by atoms with van der Waals surface area (Å²) in [7, 11) is 0. The molecule has 5 heteroatoms. The SMILES string of the molecule is CC(CN1CCCC1)Nc1cc2c(cc1N)NC(=O)CC2. The number of aryl methyl sites for hydroxylation is 1. The van der Waals surface area contributed by atoms with Crippen molar-refractivity contribution in [2.75, 3.05) is 36.0 Å². The minimum absolute atomic E-state index is 0.0741. The molecule has 1 saturated heterocycles. The number of nitrogens with zero attached hydrogens (tertiary/aromatic N) is 1. The Bertz CT molecular complexity index is 537. The molecule has 2 heterocycles. The van der Waals surface area contributed by atoms with Gasteiger partial charge in [-0.25, -0.2) is 0 Å². The van der Waals surface area contributed by atoms with Gasteiger partial charge in [0.05, 0.1) is 11.4 Å².